The molecule has 0 saturated carbocycles. The number of carbonyl (C=O) groups is 1. The minimum Gasteiger partial charge on any atom is -0.444 e. The SMILES string of the molecule is CC(C)(C)OC(=O)N1CCCCC1CO[Si](c1ccccc1)(c1ccccc1)C(C)(C)C. The maximum absolute atomic E-state index is 12.9. The van der Waals surface area contributed by atoms with Crippen molar-refractivity contribution in [3.63, 3.8) is 0 Å². The number of hydrogen-bond donors (Lipinski definition) is 0. The van der Waals surface area contributed by atoms with E-state index >= 15 is 0 Å². The van der Waals surface area contributed by atoms with Crippen LogP contribution in [0.5, 0.6) is 0 Å². The number of carbonyl (C=O) groups excluding carboxylic acids is 1. The van der Waals surface area contributed by atoms with Crippen LogP contribution in [0.15, 0.2) is 60.7 Å². The molecule has 174 valence electrons. The molecule has 5 heteroatoms. The van der Waals surface area contributed by atoms with Gasteiger partial charge in [0.1, 0.15) is 5.60 Å². The molecule has 32 heavy (non-hydrogen) atoms. The summed E-state index contributed by atoms with van der Waals surface area (Å²) in [5, 5.41) is 2.44. The van der Waals surface area contributed by atoms with Gasteiger partial charge in [0, 0.05) is 6.54 Å². The Labute approximate surface area is 195 Å². The van der Waals surface area contributed by atoms with Gasteiger partial charge in [0.15, 0.2) is 0 Å². The van der Waals surface area contributed by atoms with Gasteiger partial charge in [0.2, 0.25) is 0 Å². The first-order valence-electron chi connectivity index (χ1n) is 11.8. The second-order valence-corrected chi connectivity index (χ2v) is 15.1. The number of rotatable bonds is 5. The summed E-state index contributed by atoms with van der Waals surface area (Å²) in [6.07, 6.45) is 2.83. The van der Waals surface area contributed by atoms with Gasteiger partial charge in [-0.3, -0.25) is 0 Å². The van der Waals surface area contributed by atoms with E-state index in [0.717, 1.165) is 25.8 Å². The van der Waals surface area contributed by atoms with Gasteiger partial charge in [0.25, 0.3) is 8.32 Å². The minimum absolute atomic E-state index is 0.0280. The molecule has 2 aromatic rings. The Balaban J connectivity index is 1.96. The number of piperidine rings is 1. The highest BCUT2D eigenvalue weighted by Crippen LogP contribution is 2.37. The summed E-state index contributed by atoms with van der Waals surface area (Å²) in [5.74, 6) is 0. The molecule has 4 nitrogen and oxygen atoms in total. The van der Waals surface area contributed by atoms with Crippen molar-refractivity contribution in [2.45, 2.75) is 77.5 Å². The average molecular weight is 454 g/mol. The minimum atomic E-state index is -2.62. The zero-order chi connectivity index (χ0) is 23.4. The van der Waals surface area contributed by atoms with E-state index in [9.17, 15) is 4.79 Å². The van der Waals surface area contributed by atoms with Gasteiger partial charge < -0.3 is 14.1 Å². The van der Waals surface area contributed by atoms with E-state index in [1.54, 1.807) is 0 Å². The standard InChI is InChI=1S/C27H39NO3Si/c1-26(2,3)31-25(29)28-20-14-13-15-22(28)21-30-32(27(4,5)6,23-16-9-7-10-17-23)24-18-11-8-12-19-24/h7-12,16-19,22H,13-15,20-21H2,1-6H3. The molecule has 3 rings (SSSR count). The number of likely N-dealkylation sites (tertiary alicyclic amines) is 1. The van der Waals surface area contributed by atoms with Crippen LogP contribution in [0, 0.1) is 0 Å². The van der Waals surface area contributed by atoms with Gasteiger partial charge in [-0.15, -0.1) is 0 Å². The smallest absolute Gasteiger partial charge is 0.410 e. The summed E-state index contributed by atoms with van der Waals surface area (Å²) in [6, 6.07) is 21.4. The fraction of sp³-hybridized carbons (Fsp3) is 0.519. The molecule has 2 aromatic carbocycles. The number of benzene rings is 2. The van der Waals surface area contributed by atoms with Crippen molar-refractivity contribution < 1.29 is 14.0 Å². The summed E-state index contributed by atoms with van der Waals surface area (Å²) in [7, 11) is -2.62. The van der Waals surface area contributed by atoms with Crippen molar-refractivity contribution >= 4 is 24.8 Å². The lowest BCUT2D eigenvalue weighted by Gasteiger charge is -2.45. The highest BCUT2D eigenvalue weighted by atomic mass is 28.4. The van der Waals surface area contributed by atoms with Crippen LogP contribution >= 0.6 is 0 Å². The molecule has 1 heterocycles. The Bertz CT molecular complexity index is 832. The van der Waals surface area contributed by atoms with E-state index < -0.39 is 13.9 Å². The molecule has 1 fully saturated rings. The van der Waals surface area contributed by atoms with Crippen LogP contribution in [0.2, 0.25) is 5.04 Å². The summed E-state index contributed by atoms with van der Waals surface area (Å²) < 4.78 is 12.8. The lowest BCUT2D eigenvalue weighted by Crippen LogP contribution is -2.67. The van der Waals surface area contributed by atoms with Crippen molar-refractivity contribution in [2.24, 2.45) is 0 Å². The van der Waals surface area contributed by atoms with Gasteiger partial charge in [-0.2, -0.15) is 0 Å². The fourth-order valence-electron chi connectivity index (χ4n) is 4.72. The first-order chi connectivity index (χ1) is 15.0. The van der Waals surface area contributed by atoms with Crippen molar-refractivity contribution in [3.8, 4) is 0 Å². The highest BCUT2D eigenvalue weighted by Gasteiger charge is 2.50. The molecule has 1 amide bonds. The molecule has 1 saturated heterocycles. The quantitative estimate of drug-likeness (QED) is 0.573. The number of amides is 1. The van der Waals surface area contributed by atoms with Crippen molar-refractivity contribution in [2.75, 3.05) is 13.2 Å². The Hall–Kier alpha value is -2.11. The van der Waals surface area contributed by atoms with E-state index in [2.05, 4.69) is 81.4 Å². The summed E-state index contributed by atoms with van der Waals surface area (Å²) in [6.45, 7) is 13.9. The molecule has 0 N–H and O–H groups in total. The van der Waals surface area contributed by atoms with E-state index in [-0.39, 0.29) is 17.2 Å². The molecule has 1 unspecified atom stereocenters. The first-order valence-corrected chi connectivity index (χ1v) is 13.7. The summed E-state index contributed by atoms with van der Waals surface area (Å²) >= 11 is 0. The lowest BCUT2D eigenvalue weighted by molar-refractivity contribution is 0.00300. The van der Waals surface area contributed by atoms with E-state index in [1.165, 1.54) is 10.4 Å². The average Bonchev–Trinajstić information content (AvgIpc) is 2.74. The van der Waals surface area contributed by atoms with Crippen LogP contribution in [0.4, 0.5) is 4.79 Å². The molecule has 0 bridgehead atoms. The summed E-state index contributed by atoms with van der Waals surface area (Å²) in [5.41, 5.74) is -0.502. The van der Waals surface area contributed by atoms with Crippen molar-refractivity contribution in [1.29, 1.82) is 0 Å². The molecule has 1 aliphatic rings. The normalized spacial score (nSPS) is 17.8. The second kappa shape index (κ2) is 9.80. The molecule has 1 atom stereocenters. The predicted molar refractivity (Wildman–Crippen MR) is 134 cm³/mol. The zero-order valence-corrected chi connectivity index (χ0v) is 21.6. The molecular formula is C27H39NO3Si. The third-order valence-corrected chi connectivity index (χ3v) is 11.2. The monoisotopic (exact) mass is 453 g/mol. The third-order valence-electron chi connectivity index (χ3n) is 6.16. The van der Waals surface area contributed by atoms with E-state index in [1.807, 2.05) is 25.7 Å². The maximum atomic E-state index is 12.9. The van der Waals surface area contributed by atoms with E-state index in [4.69, 9.17) is 9.16 Å². The van der Waals surface area contributed by atoms with Gasteiger partial charge >= 0.3 is 6.09 Å². The molecule has 1 aliphatic heterocycles. The van der Waals surface area contributed by atoms with Crippen LogP contribution in [0.3, 0.4) is 0 Å². The van der Waals surface area contributed by atoms with Gasteiger partial charge in [-0.25, -0.2) is 4.79 Å². The van der Waals surface area contributed by atoms with Crippen LogP contribution in [0.1, 0.15) is 60.8 Å². The Kier molecular flexibility index (Phi) is 7.51. The Morgan fingerprint density at radius 1 is 0.906 bits per heavy atom. The van der Waals surface area contributed by atoms with Crippen LogP contribution < -0.4 is 10.4 Å². The molecular weight excluding hydrogens is 414 g/mol. The van der Waals surface area contributed by atoms with Gasteiger partial charge in [-0.05, 0) is 55.4 Å². The summed E-state index contributed by atoms with van der Waals surface area (Å²) in [4.78, 5) is 14.8. The number of hydrogen-bond acceptors (Lipinski definition) is 3. The fourth-order valence-corrected chi connectivity index (χ4v) is 9.32. The van der Waals surface area contributed by atoms with Crippen LogP contribution in [-0.4, -0.2) is 44.1 Å². The van der Waals surface area contributed by atoms with Crippen molar-refractivity contribution in [3.05, 3.63) is 60.7 Å². The molecule has 0 spiro atoms. The zero-order valence-electron chi connectivity index (χ0n) is 20.6. The topological polar surface area (TPSA) is 38.8 Å². The number of ether oxygens (including phenoxy) is 1. The van der Waals surface area contributed by atoms with Crippen molar-refractivity contribution in [1.82, 2.24) is 4.90 Å². The molecule has 0 aliphatic carbocycles. The van der Waals surface area contributed by atoms with Crippen LogP contribution in [-0.2, 0) is 9.16 Å². The van der Waals surface area contributed by atoms with E-state index in [0.29, 0.717) is 6.61 Å². The number of nitrogens with zero attached hydrogens (tertiary/aromatic N) is 1. The third kappa shape index (κ3) is 5.44. The largest absolute Gasteiger partial charge is 0.444 e. The molecule has 0 radical (unpaired) electrons. The van der Waals surface area contributed by atoms with Crippen LogP contribution in [0.25, 0.3) is 0 Å². The second-order valence-electron chi connectivity index (χ2n) is 10.8. The predicted octanol–water partition coefficient (Wildman–Crippen LogP) is 5.35. The molecule has 0 aromatic heterocycles. The Morgan fingerprint density at radius 2 is 1.44 bits per heavy atom. The lowest BCUT2D eigenvalue weighted by atomic mass is 10.0. The highest BCUT2D eigenvalue weighted by molar-refractivity contribution is 6.99. The Morgan fingerprint density at radius 3 is 1.91 bits per heavy atom. The first kappa shape index (κ1) is 24.5. The maximum Gasteiger partial charge on any atom is 0.410 e. The van der Waals surface area contributed by atoms with Gasteiger partial charge in [-0.1, -0.05) is 81.4 Å². The van der Waals surface area contributed by atoms with Gasteiger partial charge in [0.05, 0.1) is 12.6 Å².